The molecule has 1 aromatic heterocycles. The van der Waals surface area contributed by atoms with Crippen molar-refractivity contribution in [3.05, 3.63) is 31.1 Å². The molecule has 0 saturated heterocycles. The summed E-state index contributed by atoms with van der Waals surface area (Å²) in [6.07, 6.45) is -2.40. The molecule has 5 heteroatoms. The Labute approximate surface area is 106 Å². The number of halogens is 4. The van der Waals surface area contributed by atoms with E-state index in [2.05, 4.69) is 15.9 Å². The topological polar surface area (TPSA) is 0 Å². The van der Waals surface area contributed by atoms with Gasteiger partial charge in [-0.25, -0.2) is 8.78 Å². The van der Waals surface area contributed by atoms with Crippen LogP contribution < -0.4 is 0 Å². The molecule has 74 valence electrons. The Hall–Kier alpha value is 0.250. The fourth-order valence-electron chi connectivity index (χ4n) is 1.22. The van der Waals surface area contributed by atoms with Crippen LogP contribution in [0.1, 0.15) is 12.0 Å². The van der Waals surface area contributed by atoms with Crippen molar-refractivity contribution in [3.8, 4) is 0 Å². The molecule has 0 aliphatic carbocycles. The normalized spacial score (nSPS) is 11.5. The van der Waals surface area contributed by atoms with E-state index in [0.717, 1.165) is 14.6 Å². The Kier molecular flexibility index (Phi) is 3.09. The van der Waals surface area contributed by atoms with Crippen molar-refractivity contribution in [3.63, 3.8) is 0 Å². The van der Waals surface area contributed by atoms with Crippen molar-refractivity contribution < 1.29 is 8.78 Å². The van der Waals surface area contributed by atoms with Crippen LogP contribution in [0.25, 0.3) is 10.1 Å². The van der Waals surface area contributed by atoms with Crippen molar-refractivity contribution in [2.24, 2.45) is 0 Å². The molecular formula is C9H4BrF2IS. The highest BCUT2D eigenvalue weighted by Gasteiger charge is 2.15. The second-order valence-corrected chi connectivity index (χ2v) is 5.54. The van der Waals surface area contributed by atoms with Crippen LogP contribution in [0.15, 0.2) is 22.0 Å². The summed E-state index contributed by atoms with van der Waals surface area (Å²) in [5, 5.41) is 2.92. The maximum absolute atomic E-state index is 12.6. The van der Waals surface area contributed by atoms with Gasteiger partial charge in [-0.3, -0.25) is 0 Å². The monoisotopic (exact) mass is 388 g/mol. The van der Waals surface area contributed by atoms with Crippen LogP contribution >= 0.6 is 49.9 Å². The highest BCUT2D eigenvalue weighted by atomic mass is 127. The third-order valence-corrected chi connectivity index (χ3v) is 5.40. The standard InChI is InChI=1S/C9H4BrF2IS/c10-6-3-14-8-4(6)1-2-5(7(8)13)9(11)12/h1-3,9H. The average Bonchev–Trinajstić information content (AvgIpc) is 2.49. The van der Waals surface area contributed by atoms with Gasteiger partial charge in [0.25, 0.3) is 6.43 Å². The summed E-state index contributed by atoms with van der Waals surface area (Å²) in [7, 11) is 0. The molecule has 0 spiro atoms. The zero-order valence-electron chi connectivity index (χ0n) is 6.73. The molecule has 0 bridgehead atoms. The van der Waals surface area contributed by atoms with E-state index in [1.54, 1.807) is 6.07 Å². The quantitative estimate of drug-likeness (QED) is 0.588. The Balaban J connectivity index is 2.76. The summed E-state index contributed by atoms with van der Waals surface area (Å²) in [5.41, 5.74) is 0.118. The summed E-state index contributed by atoms with van der Waals surface area (Å²) in [4.78, 5) is 0. The average molecular weight is 389 g/mol. The predicted octanol–water partition coefficient (Wildman–Crippen LogP) is 5.21. The first kappa shape index (κ1) is 10.8. The lowest BCUT2D eigenvalue weighted by Crippen LogP contribution is -1.88. The summed E-state index contributed by atoms with van der Waals surface area (Å²) >= 11 is 6.84. The van der Waals surface area contributed by atoms with Crippen LogP contribution in [0.4, 0.5) is 8.78 Å². The van der Waals surface area contributed by atoms with Crippen molar-refractivity contribution in [1.29, 1.82) is 0 Å². The molecule has 0 fully saturated rings. The molecule has 0 unspecified atom stereocenters. The number of hydrogen-bond donors (Lipinski definition) is 0. The molecule has 0 aliphatic rings. The van der Waals surface area contributed by atoms with Gasteiger partial charge in [-0.1, -0.05) is 12.1 Å². The van der Waals surface area contributed by atoms with Gasteiger partial charge in [0.2, 0.25) is 0 Å². The molecule has 2 aromatic rings. The van der Waals surface area contributed by atoms with Crippen molar-refractivity contribution in [2.75, 3.05) is 0 Å². The van der Waals surface area contributed by atoms with Crippen LogP contribution in [-0.4, -0.2) is 0 Å². The van der Waals surface area contributed by atoms with Gasteiger partial charge in [-0.15, -0.1) is 11.3 Å². The molecule has 0 radical (unpaired) electrons. The van der Waals surface area contributed by atoms with Crippen molar-refractivity contribution in [1.82, 2.24) is 0 Å². The Morgan fingerprint density at radius 3 is 2.71 bits per heavy atom. The van der Waals surface area contributed by atoms with E-state index in [1.807, 2.05) is 28.0 Å². The van der Waals surface area contributed by atoms with Gasteiger partial charge in [0.15, 0.2) is 0 Å². The number of alkyl halides is 2. The third kappa shape index (κ3) is 1.69. The molecule has 1 aromatic carbocycles. The maximum Gasteiger partial charge on any atom is 0.264 e. The van der Waals surface area contributed by atoms with Gasteiger partial charge in [0.1, 0.15) is 0 Å². The molecular weight excluding hydrogens is 385 g/mol. The van der Waals surface area contributed by atoms with Gasteiger partial charge in [0, 0.05) is 29.1 Å². The van der Waals surface area contributed by atoms with E-state index in [4.69, 9.17) is 0 Å². The summed E-state index contributed by atoms with van der Waals surface area (Å²) in [5.74, 6) is 0. The number of thiophene rings is 1. The smallest absolute Gasteiger partial charge is 0.205 e. The van der Waals surface area contributed by atoms with Crippen molar-refractivity contribution >= 4 is 59.9 Å². The number of benzene rings is 1. The first-order valence-electron chi connectivity index (χ1n) is 3.74. The van der Waals surface area contributed by atoms with Gasteiger partial charge < -0.3 is 0 Å². The molecule has 0 atom stereocenters. The van der Waals surface area contributed by atoms with E-state index in [0.29, 0.717) is 3.57 Å². The largest absolute Gasteiger partial charge is 0.264 e. The van der Waals surface area contributed by atoms with E-state index in [1.165, 1.54) is 17.4 Å². The van der Waals surface area contributed by atoms with E-state index in [-0.39, 0.29) is 5.56 Å². The number of rotatable bonds is 1. The summed E-state index contributed by atoms with van der Waals surface area (Å²) < 4.78 is 27.7. The first-order valence-corrected chi connectivity index (χ1v) is 6.49. The second-order valence-electron chi connectivity index (χ2n) is 2.73. The van der Waals surface area contributed by atoms with Gasteiger partial charge in [-0.2, -0.15) is 0 Å². The van der Waals surface area contributed by atoms with Gasteiger partial charge >= 0.3 is 0 Å². The summed E-state index contributed by atoms with van der Waals surface area (Å²) in [6, 6.07) is 3.23. The van der Waals surface area contributed by atoms with Gasteiger partial charge in [0.05, 0.1) is 0 Å². The zero-order chi connectivity index (χ0) is 10.3. The minimum absolute atomic E-state index is 0.118. The maximum atomic E-state index is 12.6. The molecule has 14 heavy (non-hydrogen) atoms. The van der Waals surface area contributed by atoms with Crippen LogP contribution in [0.5, 0.6) is 0 Å². The summed E-state index contributed by atoms with van der Waals surface area (Å²) in [6.45, 7) is 0. The molecule has 0 N–H and O–H groups in total. The minimum Gasteiger partial charge on any atom is -0.205 e. The highest BCUT2D eigenvalue weighted by molar-refractivity contribution is 14.1. The van der Waals surface area contributed by atoms with Crippen LogP contribution in [-0.2, 0) is 0 Å². The fraction of sp³-hybridized carbons (Fsp3) is 0.111. The minimum atomic E-state index is -2.40. The molecule has 0 aliphatic heterocycles. The Morgan fingerprint density at radius 1 is 1.36 bits per heavy atom. The SMILES string of the molecule is FC(F)c1ccc2c(Br)csc2c1I. The van der Waals surface area contributed by atoms with Crippen LogP contribution in [0, 0.1) is 3.57 Å². The lowest BCUT2D eigenvalue weighted by atomic mass is 10.2. The zero-order valence-corrected chi connectivity index (χ0v) is 11.3. The predicted molar refractivity (Wildman–Crippen MR) is 67.2 cm³/mol. The molecule has 1 heterocycles. The van der Waals surface area contributed by atoms with E-state index >= 15 is 0 Å². The molecule has 0 saturated carbocycles. The Morgan fingerprint density at radius 2 is 2.07 bits per heavy atom. The first-order chi connectivity index (χ1) is 6.61. The molecule has 0 nitrogen and oxygen atoms in total. The lowest BCUT2D eigenvalue weighted by Gasteiger charge is -2.03. The highest BCUT2D eigenvalue weighted by Crippen LogP contribution is 2.37. The van der Waals surface area contributed by atoms with E-state index in [9.17, 15) is 8.78 Å². The van der Waals surface area contributed by atoms with Crippen LogP contribution in [0.2, 0.25) is 0 Å². The van der Waals surface area contributed by atoms with Crippen molar-refractivity contribution in [2.45, 2.75) is 6.43 Å². The second kappa shape index (κ2) is 4.02. The molecule has 2 rings (SSSR count). The van der Waals surface area contributed by atoms with E-state index < -0.39 is 6.43 Å². The fourth-order valence-corrected chi connectivity index (χ4v) is 3.92. The Bertz CT molecular complexity index is 481. The molecule has 0 amide bonds. The number of hydrogen-bond acceptors (Lipinski definition) is 1. The third-order valence-electron chi connectivity index (χ3n) is 1.90. The van der Waals surface area contributed by atoms with Crippen LogP contribution in [0.3, 0.4) is 0 Å². The number of fused-ring (bicyclic) bond motifs is 1. The lowest BCUT2D eigenvalue weighted by molar-refractivity contribution is 0.150. The van der Waals surface area contributed by atoms with Gasteiger partial charge in [-0.05, 0) is 38.5 Å².